The van der Waals surface area contributed by atoms with E-state index in [0.717, 1.165) is 32.1 Å². The molecule has 2 aliphatic carbocycles. The van der Waals surface area contributed by atoms with Gasteiger partial charge in [0.05, 0.1) is 6.07 Å². The van der Waals surface area contributed by atoms with E-state index in [1.165, 1.54) is 11.1 Å². The molecule has 2 aliphatic rings. The van der Waals surface area contributed by atoms with Crippen molar-refractivity contribution in [1.29, 1.82) is 5.26 Å². The Morgan fingerprint density at radius 2 is 1.88 bits per heavy atom. The number of ether oxygens (including phenoxy) is 2. The second-order valence-electron chi connectivity index (χ2n) is 6.68. The average Bonchev–Trinajstić information content (AvgIpc) is 3.27. The third-order valence-corrected chi connectivity index (χ3v) is 4.84. The summed E-state index contributed by atoms with van der Waals surface area (Å²) in [5.74, 6) is -0.418. The number of amides is 1. The number of fused-ring (bicyclic) bond motifs is 1. The lowest BCUT2D eigenvalue weighted by atomic mass is 10.00. The summed E-state index contributed by atoms with van der Waals surface area (Å²) in [7, 11) is 0. The topological polar surface area (TPSA) is 88.4 Å². The Hall–Kier alpha value is -2.55. The highest BCUT2D eigenvalue weighted by Crippen LogP contribution is 2.28. The number of aryl methyl sites for hydroxylation is 2. The number of rotatable bonds is 6. The number of carbonyl (C=O) groups is 2. The summed E-state index contributed by atoms with van der Waals surface area (Å²) < 4.78 is 10.4. The zero-order valence-corrected chi connectivity index (χ0v) is 14.2. The van der Waals surface area contributed by atoms with E-state index in [2.05, 4.69) is 11.4 Å². The molecule has 1 fully saturated rings. The molecule has 1 N–H and O–H groups in total. The number of nitriles is 1. The molecule has 1 saturated carbocycles. The van der Waals surface area contributed by atoms with Gasteiger partial charge in [0.1, 0.15) is 11.3 Å². The van der Waals surface area contributed by atoms with Crippen molar-refractivity contribution in [3.8, 4) is 11.8 Å². The average molecular weight is 342 g/mol. The molecule has 1 amide bonds. The van der Waals surface area contributed by atoms with Gasteiger partial charge in [-0.05, 0) is 68.2 Å². The summed E-state index contributed by atoms with van der Waals surface area (Å²) in [6.45, 7) is -0.634. The smallest absolute Gasteiger partial charge is 0.344 e. The van der Waals surface area contributed by atoms with Gasteiger partial charge in [0.25, 0.3) is 5.91 Å². The van der Waals surface area contributed by atoms with E-state index in [4.69, 9.17) is 9.47 Å². The van der Waals surface area contributed by atoms with Crippen LogP contribution in [0, 0.1) is 11.3 Å². The Balaban J connectivity index is 1.41. The number of hydrogen-bond acceptors (Lipinski definition) is 5. The molecule has 132 valence electrons. The molecule has 0 atom stereocenters. The Morgan fingerprint density at radius 3 is 2.64 bits per heavy atom. The quantitative estimate of drug-likeness (QED) is 0.799. The summed E-state index contributed by atoms with van der Waals surface area (Å²) in [5.41, 5.74) is 1.80. The normalized spacial score (nSPS) is 17.4. The Kier molecular flexibility index (Phi) is 5.22. The molecular weight excluding hydrogens is 320 g/mol. The van der Waals surface area contributed by atoms with Crippen LogP contribution in [0.1, 0.15) is 43.2 Å². The minimum atomic E-state index is -0.801. The highest BCUT2D eigenvalue weighted by Gasteiger charge is 2.35. The fraction of sp³-hybridized carbons (Fsp3) is 0.526. The van der Waals surface area contributed by atoms with Crippen LogP contribution >= 0.6 is 0 Å². The molecular formula is C19H22N2O4. The number of esters is 1. The molecule has 3 rings (SSSR count). The van der Waals surface area contributed by atoms with Gasteiger partial charge in [-0.1, -0.05) is 6.07 Å². The van der Waals surface area contributed by atoms with Crippen molar-refractivity contribution in [2.45, 2.75) is 50.5 Å². The van der Waals surface area contributed by atoms with Gasteiger partial charge < -0.3 is 14.8 Å². The molecule has 6 nitrogen and oxygen atoms in total. The number of carbonyl (C=O) groups excluding carboxylic acids is 2. The minimum Gasteiger partial charge on any atom is -0.482 e. The first-order valence-corrected chi connectivity index (χ1v) is 8.73. The van der Waals surface area contributed by atoms with Crippen molar-refractivity contribution in [1.82, 2.24) is 5.32 Å². The molecule has 0 aromatic heterocycles. The Labute approximate surface area is 147 Å². The zero-order valence-electron chi connectivity index (χ0n) is 14.2. The van der Waals surface area contributed by atoms with Gasteiger partial charge in [-0.15, -0.1) is 0 Å². The molecule has 25 heavy (non-hydrogen) atoms. The van der Waals surface area contributed by atoms with E-state index < -0.39 is 24.0 Å². The van der Waals surface area contributed by atoms with Crippen LogP contribution in [-0.2, 0) is 27.2 Å². The second-order valence-corrected chi connectivity index (χ2v) is 6.68. The van der Waals surface area contributed by atoms with Gasteiger partial charge in [-0.25, -0.2) is 4.79 Å². The maximum absolute atomic E-state index is 11.9. The number of hydrogen-bond donors (Lipinski definition) is 1. The van der Waals surface area contributed by atoms with Crippen LogP contribution in [0.3, 0.4) is 0 Å². The molecule has 0 radical (unpaired) electrons. The van der Waals surface area contributed by atoms with E-state index >= 15 is 0 Å². The van der Waals surface area contributed by atoms with Gasteiger partial charge >= 0.3 is 5.97 Å². The van der Waals surface area contributed by atoms with Crippen LogP contribution in [0.25, 0.3) is 0 Å². The summed E-state index contributed by atoms with van der Waals surface area (Å²) >= 11 is 0. The molecule has 0 bridgehead atoms. The zero-order chi connectivity index (χ0) is 17.7. The number of benzene rings is 1. The maximum atomic E-state index is 11.9. The largest absolute Gasteiger partial charge is 0.482 e. The van der Waals surface area contributed by atoms with E-state index in [-0.39, 0.29) is 6.61 Å². The molecule has 1 aromatic rings. The van der Waals surface area contributed by atoms with Crippen LogP contribution in [0.4, 0.5) is 0 Å². The molecule has 0 heterocycles. The van der Waals surface area contributed by atoms with Gasteiger partial charge in [-0.3, -0.25) is 4.79 Å². The Bertz CT molecular complexity index is 702. The van der Waals surface area contributed by atoms with Gasteiger partial charge in [0.2, 0.25) is 0 Å². The molecule has 0 spiro atoms. The fourth-order valence-electron chi connectivity index (χ4n) is 3.51. The third-order valence-electron chi connectivity index (χ3n) is 4.84. The van der Waals surface area contributed by atoms with Gasteiger partial charge in [0, 0.05) is 0 Å². The van der Waals surface area contributed by atoms with Crippen molar-refractivity contribution in [2.24, 2.45) is 0 Å². The van der Waals surface area contributed by atoms with Crippen molar-refractivity contribution in [2.75, 3.05) is 13.2 Å². The number of nitrogens with zero attached hydrogens (tertiary/aromatic N) is 1. The molecule has 0 unspecified atom stereocenters. The van der Waals surface area contributed by atoms with E-state index in [0.29, 0.717) is 18.6 Å². The summed E-state index contributed by atoms with van der Waals surface area (Å²) in [4.78, 5) is 23.6. The summed E-state index contributed by atoms with van der Waals surface area (Å²) in [6, 6.07) is 8.00. The first kappa shape index (κ1) is 17.3. The first-order valence-electron chi connectivity index (χ1n) is 8.73. The van der Waals surface area contributed by atoms with Crippen LogP contribution in [0.2, 0.25) is 0 Å². The summed E-state index contributed by atoms with van der Waals surface area (Å²) in [6.07, 6.45) is 6.41. The van der Waals surface area contributed by atoms with Crippen LogP contribution in [-0.4, -0.2) is 30.6 Å². The highest BCUT2D eigenvalue weighted by atomic mass is 16.6. The van der Waals surface area contributed by atoms with Crippen molar-refractivity contribution in [3.05, 3.63) is 29.3 Å². The SMILES string of the molecule is N#CC1(NC(=O)COC(=O)COc2ccc3c(c2)CCC3)CCCC1. The maximum Gasteiger partial charge on any atom is 0.344 e. The second kappa shape index (κ2) is 7.56. The molecule has 1 aromatic carbocycles. The number of nitrogens with one attached hydrogen (secondary N) is 1. The van der Waals surface area contributed by atoms with Gasteiger partial charge in [0.15, 0.2) is 13.2 Å². The monoisotopic (exact) mass is 342 g/mol. The summed E-state index contributed by atoms with van der Waals surface area (Å²) in [5, 5.41) is 11.9. The van der Waals surface area contributed by atoms with Crippen LogP contribution < -0.4 is 10.1 Å². The Morgan fingerprint density at radius 1 is 1.12 bits per heavy atom. The van der Waals surface area contributed by atoms with Crippen molar-refractivity contribution >= 4 is 11.9 Å². The van der Waals surface area contributed by atoms with Crippen molar-refractivity contribution in [3.63, 3.8) is 0 Å². The van der Waals surface area contributed by atoms with E-state index in [1.54, 1.807) is 0 Å². The lowest BCUT2D eigenvalue weighted by Gasteiger charge is -2.21. The predicted octanol–water partition coefficient (Wildman–Crippen LogP) is 2.05. The predicted molar refractivity (Wildman–Crippen MR) is 89.9 cm³/mol. The highest BCUT2D eigenvalue weighted by molar-refractivity contribution is 5.81. The lowest BCUT2D eigenvalue weighted by molar-refractivity contribution is -0.150. The third kappa shape index (κ3) is 4.30. The van der Waals surface area contributed by atoms with Crippen LogP contribution in [0.15, 0.2) is 18.2 Å². The first-order chi connectivity index (χ1) is 12.1. The van der Waals surface area contributed by atoms with Crippen LogP contribution in [0.5, 0.6) is 5.75 Å². The molecule has 0 saturated heterocycles. The molecule has 0 aliphatic heterocycles. The lowest BCUT2D eigenvalue weighted by Crippen LogP contribution is -2.46. The standard InChI is InChI=1S/C19H22N2O4/c20-13-19(8-1-2-9-19)21-17(22)11-25-18(23)12-24-16-7-6-14-4-3-5-15(14)10-16/h6-7,10H,1-5,8-9,11-12H2,(H,21,22). The van der Waals surface area contributed by atoms with E-state index in [1.807, 2.05) is 18.2 Å². The van der Waals surface area contributed by atoms with E-state index in [9.17, 15) is 14.9 Å². The van der Waals surface area contributed by atoms with Gasteiger partial charge in [-0.2, -0.15) is 5.26 Å². The fourth-order valence-corrected chi connectivity index (χ4v) is 3.51. The minimum absolute atomic E-state index is 0.241. The molecule has 6 heteroatoms. The van der Waals surface area contributed by atoms with Crippen molar-refractivity contribution < 1.29 is 19.1 Å².